The van der Waals surface area contributed by atoms with Gasteiger partial charge in [-0.3, -0.25) is 9.59 Å². The number of Topliss-reactive ketones (excluding diaryl/α,β-unsaturated/α-hetero) is 2. The Morgan fingerprint density at radius 1 is 0.917 bits per heavy atom. The largest absolute Gasteiger partial charge is 0.479 e. The van der Waals surface area contributed by atoms with Crippen molar-refractivity contribution < 1.29 is 14.3 Å². The van der Waals surface area contributed by atoms with E-state index in [4.69, 9.17) is 4.74 Å². The van der Waals surface area contributed by atoms with Gasteiger partial charge in [-0.2, -0.15) is 0 Å². The lowest BCUT2D eigenvalue weighted by molar-refractivity contribution is 0.0813. The molecule has 0 spiro atoms. The summed E-state index contributed by atoms with van der Waals surface area (Å²) in [6.07, 6.45) is 0. The molecule has 0 aliphatic heterocycles. The van der Waals surface area contributed by atoms with Gasteiger partial charge in [0.15, 0.2) is 0 Å². The van der Waals surface area contributed by atoms with E-state index in [1.165, 1.54) is 7.11 Å². The van der Waals surface area contributed by atoms with Gasteiger partial charge in [-0.1, -0.05) is 42.0 Å². The van der Waals surface area contributed by atoms with Crippen LogP contribution in [0, 0.1) is 6.92 Å². The first-order valence-electron chi connectivity index (χ1n) is 7.54. The quantitative estimate of drug-likeness (QED) is 0.681. The summed E-state index contributed by atoms with van der Waals surface area (Å²) in [5.74, 6) is -0.947. The molecule has 2 aromatic carbocycles. The Labute approximate surface area is 138 Å². The summed E-state index contributed by atoms with van der Waals surface area (Å²) in [6, 6.07) is 14.9. The molecule has 1 heterocycles. The maximum absolute atomic E-state index is 12.6. The minimum absolute atomic E-state index is 0.165. The van der Waals surface area contributed by atoms with Crippen molar-refractivity contribution in [2.75, 3.05) is 7.11 Å². The first-order chi connectivity index (χ1) is 11.6. The number of methoxy groups -OCH3 is 1. The molecule has 5 heteroatoms. The monoisotopic (exact) mass is 318 g/mol. The standard InChI is InChI=1S/C19H14N2O3/c1-11-7-9-12(10-8-11)21-16-13-5-3-4-6-14(13)17(22)18(23)15(16)19(20-21)24-2/h3-10H,1-2H3. The minimum Gasteiger partial charge on any atom is -0.479 e. The smallest absolute Gasteiger partial charge is 0.245 e. The van der Waals surface area contributed by atoms with E-state index in [0.29, 0.717) is 16.8 Å². The molecule has 0 N–H and O–H groups in total. The van der Waals surface area contributed by atoms with E-state index in [1.807, 2.05) is 43.3 Å². The van der Waals surface area contributed by atoms with Gasteiger partial charge in [0.05, 0.1) is 18.5 Å². The molecule has 1 aromatic heterocycles. The van der Waals surface area contributed by atoms with Crippen molar-refractivity contribution in [3.8, 4) is 22.8 Å². The fourth-order valence-electron chi connectivity index (χ4n) is 2.99. The predicted octanol–water partition coefficient (Wildman–Crippen LogP) is 3.24. The van der Waals surface area contributed by atoms with Crippen LogP contribution in [-0.2, 0) is 0 Å². The molecule has 1 aliphatic rings. The number of ether oxygens (including phenoxy) is 1. The molecule has 3 aromatic rings. The maximum Gasteiger partial charge on any atom is 0.245 e. The van der Waals surface area contributed by atoms with Crippen molar-refractivity contribution in [1.29, 1.82) is 0 Å². The van der Waals surface area contributed by atoms with Gasteiger partial charge in [0.1, 0.15) is 5.56 Å². The van der Waals surface area contributed by atoms with Gasteiger partial charge in [-0.15, -0.1) is 5.10 Å². The summed E-state index contributed by atoms with van der Waals surface area (Å²) < 4.78 is 6.93. The van der Waals surface area contributed by atoms with Gasteiger partial charge >= 0.3 is 0 Å². The molecule has 0 fully saturated rings. The van der Waals surface area contributed by atoms with Crippen LogP contribution in [-0.4, -0.2) is 28.5 Å². The third-order valence-corrected chi connectivity index (χ3v) is 4.19. The van der Waals surface area contributed by atoms with Crippen LogP contribution in [0.15, 0.2) is 48.5 Å². The van der Waals surface area contributed by atoms with E-state index in [0.717, 1.165) is 11.3 Å². The Morgan fingerprint density at radius 2 is 1.58 bits per heavy atom. The summed E-state index contributed by atoms with van der Waals surface area (Å²) in [5, 5.41) is 4.42. The molecule has 0 saturated heterocycles. The second-order valence-electron chi connectivity index (χ2n) is 5.68. The lowest BCUT2D eigenvalue weighted by Crippen LogP contribution is -2.21. The number of hydrogen-bond acceptors (Lipinski definition) is 4. The van der Waals surface area contributed by atoms with E-state index < -0.39 is 11.6 Å². The van der Waals surface area contributed by atoms with Crippen LogP contribution in [0.5, 0.6) is 5.88 Å². The highest BCUT2D eigenvalue weighted by atomic mass is 16.5. The van der Waals surface area contributed by atoms with Gasteiger partial charge in [0.25, 0.3) is 0 Å². The highest BCUT2D eigenvalue weighted by Crippen LogP contribution is 2.39. The zero-order chi connectivity index (χ0) is 16.8. The zero-order valence-electron chi connectivity index (χ0n) is 13.2. The average Bonchev–Trinajstić information content (AvgIpc) is 3.00. The normalized spacial score (nSPS) is 12.8. The van der Waals surface area contributed by atoms with Crippen LogP contribution in [0.1, 0.15) is 26.3 Å². The molecule has 1 aliphatic carbocycles. The topological polar surface area (TPSA) is 61.2 Å². The van der Waals surface area contributed by atoms with Gasteiger partial charge in [0.2, 0.25) is 17.4 Å². The van der Waals surface area contributed by atoms with Crippen molar-refractivity contribution in [1.82, 2.24) is 9.78 Å². The highest BCUT2D eigenvalue weighted by molar-refractivity contribution is 6.53. The molecule has 0 saturated carbocycles. The Hall–Kier alpha value is -3.21. The van der Waals surface area contributed by atoms with Crippen LogP contribution in [0.3, 0.4) is 0 Å². The van der Waals surface area contributed by atoms with Crippen LogP contribution < -0.4 is 4.74 Å². The van der Waals surface area contributed by atoms with Gasteiger partial charge < -0.3 is 4.74 Å². The Morgan fingerprint density at radius 3 is 2.25 bits per heavy atom. The number of ketones is 2. The van der Waals surface area contributed by atoms with Gasteiger partial charge in [-0.25, -0.2) is 4.68 Å². The fourth-order valence-corrected chi connectivity index (χ4v) is 2.99. The molecule has 24 heavy (non-hydrogen) atoms. The van der Waals surface area contributed by atoms with E-state index >= 15 is 0 Å². The summed E-state index contributed by atoms with van der Waals surface area (Å²) in [4.78, 5) is 25.0. The summed E-state index contributed by atoms with van der Waals surface area (Å²) >= 11 is 0. The number of rotatable bonds is 2. The number of carbonyl (C=O) groups excluding carboxylic acids is 2. The van der Waals surface area contributed by atoms with E-state index in [9.17, 15) is 9.59 Å². The molecule has 0 atom stereocenters. The third kappa shape index (κ3) is 1.91. The lowest BCUT2D eigenvalue weighted by Gasteiger charge is -2.16. The molecule has 118 valence electrons. The second-order valence-corrected chi connectivity index (χ2v) is 5.68. The van der Waals surface area contributed by atoms with Crippen molar-refractivity contribution in [2.45, 2.75) is 6.92 Å². The van der Waals surface area contributed by atoms with E-state index in [2.05, 4.69) is 5.10 Å². The second kappa shape index (κ2) is 5.16. The Balaban J connectivity index is 2.07. The first kappa shape index (κ1) is 14.4. The fraction of sp³-hybridized carbons (Fsp3) is 0.105. The summed E-state index contributed by atoms with van der Waals surface area (Å²) in [7, 11) is 1.44. The van der Waals surface area contributed by atoms with E-state index in [-0.39, 0.29) is 11.4 Å². The molecule has 5 nitrogen and oxygen atoms in total. The molecule has 0 amide bonds. The minimum atomic E-state index is -0.584. The van der Waals surface area contributed by atoms with Crippen molar-refractivity contribution >= 4 is 11.6 Å². The predicted molar refractivity (Wildman–Crippen MR) is 89.0 cm³/mol. The number of carbonyl (C=O) groups is 2. The number of benzene rings is 2. The third-order valence-electron chi connectivity index (χ3n) is 4.19. The molecule has 4 rings (SSSR count). The van der Waals surface area contributed by atoms with Crippen LogP contribution in [0.2, 0.25) is 0 Å². The molecule has 0 unspecified atom stereocenters. The summed E-state index contributed by atoms with van der Waals surface area (Å²) in [5.41, 5.74) is 3.83. The highest BCUT2D eigenvalue weighted by Gasteiger charge is 2.37. The average molecular weight is 318 g/mol. The number of aryl methyl sites for hydroxylation is 1. The summed E-state index contributed by atoms with van der Waals surface area (Å²) in [6.45, 7) is 2.00. The SMILES string of the molecule is COc1nn(-c2ccc(C)cc2)c2c1C(=O)C(=O)c1ccccc1-2. The van der Waals surface area contributed by atoms with Crippen molar-refractivity contribution in [3.63, 3.8) is 0 Å². The maximum atomic E-state index is 12.6. The van der Waals surface area contributed by atoms with Gasteiger partial charge in [0, 0.05) is 11.1 Å². The van der Waals surface area contributed by atoms with Crippen LogP contribution in [0.25, 0.3) is 16.9 Å². The van der Waals surface area contributed by atoms with E-state index in [1.54, 1.807) is 16.8 Å². The Bertz CT molecular complexity index is 984. The number of hydrogen-bond donors (Lipinski definition) is 0. The molecular weight excluding hydrogens is 304 g/mol. The molecule has 0 radical (unpaired) electrons. The number of aromatic nitrogens is 2. The Kier molecular flexibility index (Phi) is 3.09. The first-order valence-corrected chi connectivity index (χ1v) is 7.54. The van der Waals surface area contributed by atoms with Crippen LogP contribution >= 0.6 is 0 Å². The molecule has 0 bridgehead atoms. The van der Waals surface area contributed by atoms with Gasteiger partial charge in [-0.05, 0) is 19.1 Å². The van der Waals surface area contributed by atoms with Crippen LogP contribution in [0.4, 0.5) is 0 Å². The van der Waals surface area contributed by atoms with Crippen molar-refractivity contribution in [2.24, 2.45) is 0 Å². The molecular formula is C19H14N2O3. The number of nitrogens with zero attached hydrogens (tertiary/aromatic N) is 2. The zero-order valence-corrected chi connectivity index (χ0v) is 13.2. The van der Waals surface area contributed by atoms with Crippen molar-refractivity contribution in [3.05, 3.63) is 65.2 Å². The number of fused-ring (bicyclic) bond motifs is 3. The lowest BCUT2D eigenvalue weighted by atomic mass is 9.88.